The summed E-state index contributed by atoms with van der Waals surface area (Å²) >= 11 is 0. The lowest BCUT2D eigenvalue weighted by Crippen LogP contribution is -2.71. The summed E-state index contributed by atoms with van der Waals surface area (Å²) in [6, 6.07) is 9.35. The second kappa shape index (κ2) is 7.86. The molecule has 2 heterocycles. The van der Waals surface area contributed by atoms with Gasteiger partial charge in [0.25, 0.3) is 0 Å². The summed E-state index contributed by atoms with van der Waals surface area (Å²) in [6.45, 7) is 8.43. The van der Waals surface area contributed by atoms with Crippen LogP contribution in [-0.4, -0.2) is 47.9 Å². The van der Waals surface area contributed by atoms with E-state index in [0.29, 0.717) is 24.8 Å². The van der Waals surface area contributed by atoms with Crippen LogP contribution < -0.4 is 0 Å². The number of hydrogen-bond donors (Lipinski definition) is 1. The average molecular weight is 493 g/mol. The lowest BCUT2D eigenvalue weighted by molar-refractivity contribution is -0.251. The predicted octanol–water partition coefficient (Wildman–Crippen LogP) is 3.46. The number of carbonyl (C=O) groups is 3. The van der Waals surface area contributed by atoms with E-state index in [0.717, 1.165) is 12.0 Å². The highest BCUT2D eigenvalue weighted by molar-refractivity contribution is 6.16. The monoisotopic (exact) mass is 492 g/mol. The van der Waals surface area contributed by atoms with Gasteiger partial charge < -0.3 is 19.3 Å². The van der Waals surface area contributed by atoms with Gasteiger partial charge in [0.15, 0.2) is 17.5 Å². The van der Waals surface area contributed by atoms with Crippen molar-refractivity contribution in [2.75, 3.05) is 6.61 Å². The topological polar surface area (TPSA) is 99.1 Å². The van der Waals surface area contributed by atoms with Gasteiger partial charge in [-0.05, 0) is 54.2 Å². The number of esters is 2. The Balaban J connectivity index is 1.42. The second-order valence-corrected chi connectivity index (χ2v) is 11.8. The highest BCUT2D eigenvalue weighted by Gasteiger charge is 2.81. The molecule has 3 saturated carbocycles. The second-order valence-electron chi connectivity index (χ2n) is 11.8. The lowest BCUT2D eigenvalue weighted by Gasteiger charge is -2.62. The van der Waals surface area contributed by atoms with Crippen molar-refractivity contribution in [3.05, 3.63) is 54.1 Å². The zero-order valence-electron chi connectivity index (χ0n) is 20.6. The van der Waals surface area contributed by atoms with E-state index >= 15 is 0 Å². The Morgan fingerprint density at radius 3 is 2.67 bits per heavy atom. The minimum Gasteiger partial charge on any atom is -0.461 e. The zero-order chi connectivity index (χ0) is 25.5. The van der Waals surface area contributed by atoms with Crippen LogP contribution in [0.5, 0.6) is 0 Å². The Bertz CT molecular complexity index is 1170. The number of hydrogen-bond acceptors (Lipinski definition) is 7. The summed E-state index contributed by atoms with van der Waals surface area (Å²) in [5, 5.41) is 11.0. The largest absolute Gasteiger partial charge is 0.461 e. The van der Waals surface area contributed by atoms with E-state index in [9.17, 15) is 19.5 Å². The van der Waals surface area contributed by atoms with Crippen LogP contribution in [0.2, 0.25) is 0 Å². The van der Waals surface area contributed by atoms with Crippen LogP contribution in [0.1, 0.15) is 45.1 Å². The lowest BCUT2D eigenvalue weighted by atomic mass is 9.43. The van der Waals surface area contributed by atoms with Crippen LogP contribution in [0, 0.1) is 34.0 Å². The van der Waals surface area contributed by atoms with Gasteiger partial charge in [0.1, 0.15) is 12.2 Å². The first kappa shape index (κ1) is 23.6. The Morgan fingerprint density at radius 1 is 1.17 bits per heavy atom. The summed E-state index contributed by atoms with van der Waals surface area (Å²) in [6.07, 6.45) is 3.08. The maximum atomic E-state index is 13.9. The average Bonchev–Trinajstić information content (AvgIpc) is 3.27. The summed E-state index contributed by atoms with van der Waals surface area (Å²) < 4.78 is 17.9. The van der Waals surface area contributed by atoms with Gasteiger partial charge in [-0.1, -0.05) is 50.8 Å². The molecule has 2 saturated heterocycles. The Kier molecular flexibility index (Phi) is 5.16. The molecule has 0 amide bonds. The third kappa shape index (κ3) is 2.90. The molecular formula is C29H32O7. The minimum atomic E-state index is -1.66. The molecule has 1 aromatic carbocycles. The van der Waals surface area contributed by atoms with Crippen molar-refractivity contribution in [2.45, 2.75) is 58.0 Å². The third-order valence-electron chi connectivity index (χ3n) is 9.80. The molecular weight excluding hydrogens is 460 g/mol. The highest BCUT2D eigenvalue weighted by atomic mass is 16.6. The molecule has 0 aromatic heterocycles. The molecule has 7 heteroatoms. The van der Waals surface area contributed by atoms with E-state index in [1.807, 2.05) is 30.3 Å². The molecule has 7 nitrogen and oxygen atoms in total. The third-order valence-corrected chi connectivity index (χ3v) is 9.80. The molecule has 3 aliphatic carbocycles. The van der Waals surface area contributed by atoms with E-state index in [2.05, 4.69) is 20.4 Å². The fraction of sp³-hybridized carbons (Fsp3) is 0.552. The van der Waals surface area contributed by atoms with E-state index in [1.165, 1.54) is 6.08 Å². The molecule has 190 valence electrons. The molecule has 1 N–H and O–H groups in total. The molecule has 6 rings (SSSR count). The van der Waals surface area contributed by atoms with Gasteiger partial charge >= 0.3 is 11.9 Å². The Hall–Kier alpha value is -2.77. The molecule has 5 aliphatic rings. The van der Waals surface area contributed by atoms with Crippen LogP contribution in [0.3, 0.4) is 0 Å². The quantitative estimate of drug-likeness (QED) is 0.392. The van der Waals surface area contributed by atoms with Crippen molar-refractivity contribution >= 4 is 23.8 Å². The maximum Gasteiger partial charge on any atom is 0.331 e. The number of aliphatic hydroxyl groups is 1. The molecule has 36 heavy (non-hydrogen) atoms. The molecule has 2 spiro atoms. The Labute approximate surface area is 210 Å². The molecule has 2 bridgehead atoms. The van der Waals surface area contributed by atoms with Gasteiger partial charge in [0.2, 0.25) is 0 Å². The van der Waals surface area contributed by atoms with Gasteiger partial charge in [-0.15, -0.1) is 0 Å². The van der Waals surface area contributed by atoms with E-state index < -0.39 is 53.1 Å². The molecule has 2 unspecified atom stereocenters. The van der Waals surface area contributed by atoms with Crippen molar-refractivity contribution in [1.29, 1.82) is 0 Å². The molecule has 1 aromatic rings. The number of ether oxygens (including phenoxy) is 3. The van der Waals surface area contributed by atoms with Crippen LogP contribution in [0.25, 0.3) is 6.08 Å². The zero-order valence-corrected chi connectivity index (χ0v) is 20.6. The van der Waals surface area contributed by atoms with Gasteiger partial charge in [-0.25, -0.2) is 4.79 Å². The first-order valence-electron chi connectivity index (χ1n) is 12.8. The summed E-state index contributed by atoms with van der Waals surface area (Å²) in [7, 11) is 0. The van der Waals surface area contributed by atoms with Crippen LogP contribution >= 0.6 is 0 Å². The van der Waals surface area contributed by atoms with Gasteiger partial charge in [0, 0.05) is 23.3 Å². The first-order valence-corrected chi connectivity index (χ1v) is 12.8. The summed E-state index contributed by atoms with van der Waals surface area (Å²) in [5.41, 5.74) is -1.52. The van der Waals surface area contributed by atoms with E-state index in [-0.39, 0.29) is 23.7 Å². The van der Waals surface area contributed by atoms with Gasteiger partial charge in [-0.3, -0.25) is 9.59 Å². The number of carbonyl (C=O) groups excluding carboxylic acids is 3. The number of Topliss-reactive ketones (excluding diaryl/α,β-unsaturated/α-hetero) is 1. The molecule has 2 aliphatic heterocycles. The fourth-order valence-electron chi connectivity index (χ4n) is 8.38. The standard InChI is InChI=1S/C29H32O7/c1-16-18-10-11-19-28-15-34-25(32)22(28)27(2,3)14-13-20(28)35-26(33)29(19,23(16)31)24(18)36-21(30)12-9-17-7-5-4-6-8-17/h4-9,12,18-20,22,24-25,32H,1,10-11,13-15H2,2-3H3/b12-9+/t18-,19?,20-,22?,24-,25+,28+,29-/m0/s1. The number of fused-ring (bicyclic) bond motifs is 1. The van der Waals surface area contributed by atoms with Crippen LogP contribution in [0.4, 0.5) is 0 Å². The SMILES string of the molecule is C=C1C(=O)[C@@]23C(=O)O[C@H]4CCC(C)(C)C5[C@H](O)OC[C@]54C2CC[C@@H]1[C@@H]3OC(=O)/C=C/c1ccccc1. The molecule has 5 fully saturated rings. The van der Waals surface area contributed by atoms with Crippen molar-refractivity contribution < 1.29 is 33.7 Å². The number of benzene rings is 1. The Morgan fingerprint density at radius 2 is 1.92 bits per heavy atom. The van der Waals surface area contributed by atoms with Gasteiger partial charge in [-0.2, -0.15) is 0 Å². The highest BCUT2D eigenvalue weighted by Crippen LogP contribution is 2.71. The maximum absolute atomic E-state index is 13.9. The molecule has 0 radical (unpaired) electrons. The van der Waals surface area contributed by atoms with Crippen molar-refractivity contribution in [1.82, 2.24) is 0 Å². The summed E-state index contributed by atoms with van der Waals surface area (Å²) in [5.74, 6) is -2.86. The van der Waals surface area contributed by atoms with Crippen LogP contribution in [-0.2, 0) is 28.6 Å². The predicted molar refractivity (Wildman–Crippen MR) is 129 cm³/mol. The number of rotatable bonds is 3. The number of aliphatic hydroxyl groups excluding tert-OH is 1. The van der Waals surface area contributed by atoms with Crippen molar-refractivity contribution in [2.24, 2.45) is 34.0 Å². The summed E-state index contributed by atoms with van der Waals surface area (Å²) in [4.78, 5) is 40.7. The minimum absolute atomic E-state index is 0.200. The van der Waals surface area contributed by atoms with E-state index in [1.54, 1.807) is 6.08 Å². The van der Waals surface area contributed by atoms with E-state index in [4.69, 9.17) is 14.2 Å². The smallest absolute Gasteiger partial charge is 0.331 e. The van der Waals surface area contributed by atoms with Gasteiger partial charge in [0.05, 0.1) is 6.61 Å². The van der Waals surface area contributed by atoms with Crippen molar-refractivity contribution in [3.8, 4) is 0 Å². The fourth-order valence-corrected chi connectivity index (χ4v) is 8.38. The van der Waals surface area contributed by atoms with Crippen LogP contribution in [0.15, 0.2) is 48.6 Å². The normalized spacial score (nSPS) is 42.5. The molecule has 8 atom stereocenters. The first-order chi connectivity index (χ1) is 17.1. The number of ketones is 1. The van der Waals surface area contributed by atoms with Crippen molar-refractivity contribution in [3.63, 3.8) is 0 Å².